The Hall–Kier alpha value is -2.31. The largest absolute Gasteiger partial charge is 0.444 e. The van der Waals surface area contributed by atoms with Gasteiger partial charge in [0, 0.05) is 24.8 Å². The average molecular weight is 406 g/mol. The van der Waals surface area contributed by atoms with Crippen LogP contribution in [0.1, 0.15) is 79.3 Å². The Balaban J connectivity index is 2.37. The molecule has 29 heavy (non-hydrogen) atoms. The van der Waals surface area contributed by atoms with Gasteiger partial charge in [-0.3, -0.25) is 4.90 Å². The Morgan fingerprint density at radius 1 is 1.17 bits per heavy atom. The van der Waals surface area contributed by atoms with Crippen LogP contribution in [0, 0.1) is 0 Å². The summed E-state index contributed by atoms with van der Waals surface area (Å²) in [7, 11) is 0. The number of ether oxygens (including phenoxy) is 2. The van der Waals surface area contributed by atoms with Crippen LogP contribution in [0.4, 0.5) is 15.4 Å². The van der Waals surface area contributed by atoms with Gasteiger partial charge in [0.05, 0.1) is 6.04 Å². The zero-order chi connectivity index (χ0) is 21.8. The van der Waals surface area contributed by atoms with E-state index in [0.717, 1.165) is 24.8 Å². The van der Waals surface area contributed by atoms with Crippen LogP contribution in [0.25, 0.3) is 0 Å². The molecule has 1 atom stereocenters. The minimum absolute atomic E-state index is 0.185. The first-order chi connectivity index (χ1) is 13.4. The Morgan fingerprint density at radius 3 is 2.41 bits per heavy atom. The maximum absolute atomic E-state index is 12.9. The van der Waals surface area contributed by atoms with E-state index in [1.807, 2.05) is 60.6 Å². The van der Waals surface area contributed by atoms with Crippen LogP contribution in [-0.2, 0) is 9.47 Å². The van der Waals surface area contributed by atoms with Crippen molar-refractivity contribution in [1.82, 2.24) is 9.88 Å². The minimum Gasteiger partial charge on any atom is -0.444 e. The number of hydrogen-bond donors (Lipinski definition) is 0. The van der Waals surface area contributed by atoms with Crippen LogP contribution in [0.5, 0.6) is 0 Å². The summed E-state index contributed by atoms with van der Waals surface area (Å²) in [5, 5.41) is 0. The summed E-state index contributed by atoms with van der Waals surface area (Å²) < 4.78 is 11.2. The number of anilines is 1. The molecule has 1 fully saturated rings. The molecule has 2 heterocycles. The van der Waals surface area contributed by atoms with Gasteiger partial charge in [-0.2, -0.15) is 0 Å². The van der Waals surface area contributed by atoms with Gasteiger partial charge in [0.1, 0.15) is 17.0 Å². The van der Waals surface area contributed by atoms with E-state index in [-0.39, 0.29) is 12.1 Å². The SMILES string of the molecule is CCCN(C(=O)OC(C)(C)C)c1ncccc1[C@H]1CCCN1C(=O)OC(C)(C)C. The first-order valence-electron chi connectivity index (χ1n) is 10.4. The van der Waals surface area contributed by atoms with Gasteiger partial charge in [-0.15, -0.1) is 0 Å². The monoisotopic (exact) mass is 405 g/mol. The zero-order valence-electron chi connectivity index (χ0n) is 18.8. The van der Waals surface area contributed by atoms with Gasteiger partial charge in [-0.25, -0.2) is 14.6 Å². The highest BCUT2D eigenvalue weighted by atomic mass is 16.6. The third-order valence-corrected chi connectivity index (χ3v) is 4.37. The third-order valence-electron chi connectivity index (χ3n) is 4.37. The smallest absolute Gasteiger partial charge is 0.416 e. The molecule has 0 N–H and O–H groups in total. The minimum atomic E-state index is -0.603. The number of rotatable bonds is 4. The van der Waals surface area contributed by atoms with Crippen LogP contribution >= 0.6 is 0 Å². The molecule has 162 valence electrons. The Morgan fingerprint density at radius 2 is 1.83 bits per heavy atom. The van der Waals surface area contributed by atoms with Gasteiger partial charge in [-0.05, 0) is 66.9 Å². The van der Waals surface area contributed by atoms with Crippen molar-refractivity contribution in [2.24, 2.45) is 0 Å². The Labute approximate surface area is 174 Å². The second kappa shape index (κ2) is 9.01. The average Bonchev–Trinajstić information content (AvgIpc) is 3.06. The number of likely N-dealkylation sites (tertiary alicyclic amines) is 1. The lowest BCUT2D eigenvalue weighted by Gasteiger charge is -2.32. The van der Waals surface area contributed by atoms with Crippen LogP contribution in [-0.4, -0.2) is 46.4 Å². The Kier molecular flexibility index (Phi) is 7.14. The molecule has 7 heteroatoms. The van der Waals surface area contributed by atoms with Crippen LogP contribution in [0.3, 0.4) is 0 Å². The van der Waals surface area contributed by atoms with Crippen molar-refractivity contribution >= 4 is 18.0 Å². The second-order valence-corrected chi connectivity index (χ2v) is 9.38. The van der Waals surface area contributed by atoms with Crippen molar-refractivity contribution in [3.8, 4) is 0 Å². The molecule has 1 aliphatic heterocycles. The first-order valence-corrected chi connectivity index (χ1v) is 10.4. The molecule has 2 amide bonds. The summed E-state index contributed by atoms with van der Waals surface area (Å²) in [6.45, 7) is 14.2. The lowest BCUT2D eigenvalue weighted by molar-refractivity contribution is 0.0224. The van der Waals surface area contributed by atoms with E-state index in [0.29, 0.717) is 18.9 Å². The topological polar surface area (TPSA) is 72.0 Å². The highest BCUT2D eigenvalue weighted by Crippen LogP contribution is 2.37. The predicted molar refractivity (Wildman–Crippen MR) is 113 cm³/mol. The van der Waals surface area contributed by atoms with E-state index in [1.54, 1.807) is 16.0 Å². The number of amides is 2. The molecule has 0 bridgehead atoms. The quantitative estimate of drug-likeness (QED) is 0.679. The molecule has 0 spiro atoms. The van der Waals surface area contributed by atoms with E-state index < -0.39 is 17.3 Å². The number of pyridine rings is 1. The van der Waals surface area contributed by atoms with E-state index in [2.05, 4.69) is 4.98 Å². The molecule has 0 aromatic carbocycles. The van der Waals surface area contributed by atoms with Crippen LogP contribution in [0.2, 0.25) is 0 Å². The van der Waals surface area contributed by atoms with Crippen LogP contribution < -0.4 is 4.90 Å². The van der Waals surface area contributed by atoms with E-state index in [4.69, 9.17) is 9.47 Å². The Bertz CT molecular complexity index is 722. The molecule has 1 saturated heterocycles. The standard InChI is InChI=1S/C22H35N3O4/c1-8-14-25(20(27)29-22(5,6)7)18-16(11-9-13-23-18)17-12-10-15-24(17)19(26)28-21(2,3)4/h9,11,13,17H,8,10,12,14-15H2,1-7H3/t17-/m1/s1. The van der Waals surface area contributed by atoms with E-state index in [1.165, 1.54) is 0 Å². The number of nitrogens with zero attached hydrogens (tertiary/aromatic N) is 3. The first kappa shape index (κ1) is 23.0. The molecule has 0 saturated carbocycles. The van der Waals surface area contributed by atoms with Crippen molar-refractivity contribution in [3.63, 3.8) is 0 Å². The van der Waals surface area contributed by atoms with Gasteiger partial charge < -0.3 is 14.4 Å². The van der Waals surface area contributed by atoms with Crippen molar-refractivity contribution < 1.29 is 19.1 Å². The summed E-state index contributed by atoms with van der Waals surface area (Å²) in [5.74, 6) is 0.545. The number of carbonyl (C=O) groups is 2. The molecule has 0 unspecified atom stereocenters. The fraction of sp³-hybridized carbons (Fsp3) is 0.682. The molecular weight excluding hydrogens is 370 g/mol. The molecular formula is C22H35N3O4. The van der Waals surface area contributed by atoms with E-state index >= 15 is 0 Å². The summed E-state index contributed by atoms with van der Waals surface area (Å²) in [5.41, 5.74) is -0.323. The van der Waals surface area contributed by atoms with Crippen molar-refractivity contribution in [2.45, 2.75) is 85.0 Å². The predicted octanol–water partition coefficient (Wildman–Crippen LogP) is 5.31. The number of aromatic nitrogens is 1. The summed E-state index contributed by atoms with van der Waals surface area (Å²) in [4.78, 5) is 33.5. The molecule has 1 aromatic heterocycles. The van der Waals surface area contributed by atoms with Gasteiger partial charge in [0.2, 0.25) is 0 Å². The molecule has 2 rings (SSSR count). The van der Waals surface area contributed by atoms with Gasteiger partial charge in [0.25, 0.3) is 0 Å². The highest BCUT2D eigenvalue weighted by Gasteiger charge is 2.36. The number of carbonyl (C=O) groups excluding carboxylic acids is 2. The fourth-order valence-electron chi connectivity index (χ4n) is 3.35. The third kappa shape index (κ3) is 6.34. The fourth-order valence-corrected chi connectivity index (χ4v) is 3.35. The zero-order valence-corrected chi connectivity index (χ0v) is 18.8. The number of hydrogen-bond acceptors (Lipinski definition) is 5. The lowest BCUT2D eigenvalue weighted by atomic mass is 10.0. The van der Waals surface area contributed by atoms with Gasteiger partial charge in [-0.1, -0.05) is 13.0 Å². The molecule has 7 nitrogen and oxygen atoms in total. The van der Waals surface area contributed by atoms with Crippen molar-refractivity contribution in [1.29, 1.82) is 0 Å². The summed E-state index contributed by atoms with van der Waals surface area (Å²) in [6, 6.07) is 3.59. The molecule has 0 aliphatic carbocycles. The second-order valence-electron chi connectivity index (χ2n) is 9.38. The maximum atomic E-state index is 12.9. The van der Waals surface area contributed by atoms with Crippen LogP contribution in [0.15, 0.2) is 18.3 Å². The van der Waals surface area contributed by atoms with Crippen molar-refractivity contribution in [3.05, 3.63) is 23.9 Å². The van der Waals surface area contributed by atoms with Gasteiger partial charge in [0.15, 0.2) is 0 Å². The van der Waals surface area contributed by atoms with E-state index in [9.17, 15) is 9.59 Å². The normalized spacial score (nSPS) is 17.2. The molecule has 1 aromatic rings. The highest BCUT2D eigenvalue weighted by molar-refractivity contribution is 5.87. The maximum Gasteiger partial charge on any atom is 0.416 e. The summed E-state index contributed by atoms with van der Waals surface area (Å²) in [6.07, 6.45) is 3.33. The van der Waals surface area contributed by atoms with Gasteiger partial charge >= 0.3 is 12.2 Å². The lowest BCUT2D eigenvalue weighted by Crippen LogP contribution is -2.40. The van der Waals surface area contributed by atoms with Crippen molar-refractivity contribution in [2.75, 3.05) is 18.0 Å². The molecule has 0 radical (unpaired) electrons. The molecule has 1 aliphatic rings. The summed E-state index contributed by atoms with van der Waals surface area (Å²) >= 11 is 0.